The molecule has 0 saturated carbocycles. The van der Waals surface area contributed by atoms with E-state index < -0.39 is 0 Å². The normalized spacial score (nSPS) is 11.4. The van der Waals surface area contributed by atoms with Crippen LogP contribution in [0, 0.1) is 0 Å². The minimum absolute atomic E-state index is 0.0971. The highest BCUT2D eigenvalue weighted by Crippen LogP contribution is 2.18. The smallest absolute Gasteiger partial charge is 0.250 e. The summed E-state index contributed by atoms with van der Waals surface area (Å²) < 4.78 is 1.73. The maximum absolute atomic E-state index is 11.6. The molecule has 2 nitrogen and oxygen atoms in total. The van der Waals surface area contributed by atoms with Gasteiger partial charge in [-0.3, -0.25) is 4.79 Å². The molecule has 0 unspecified atom stereocenters. The molecule has 1 aromatic heterocycles. The van der Waals surface area contributed by atoms with Gasteiger partial charge in [0.15, 0.2) is 0 Å². The lowest BCUT2D eigenvalue weighted by molar-refractivity contribution is 0.695. The fourth-order valence-corrected chi connectivity index (χ4v) is 1.56. The highest BCUT2D eigenvalue weighted by Gasteiger charge is 2.08. The van der Waals surface area contributed by atoms with E-state index in [1.54, 1.807) is 10.6 Å². The quantitative estimate of drug-likeness (QED) is 0.707. The summed E-state index contributed by atoms with van der Waals surface area (Å²) in [5, 5.41) is 0. The molecule has 0 aromatic carbocycles. The van der Waals surface area contributed by atoms with Gasteiger partial charge in [-0.15, -0.1) is 0 Å². The minimum atomic E-state index is 0.0971. The van der Waals surface area contributed by atoms with E-state index in [4.69, 9.17) is 0 Å². The molecule has 1 aromatic rings. The summed E-state index contributed by atoms with van der Waals surface area (Å²) in [5.74, 6) is 0.813. The van der Waals surface area contributed by atoms with Crippen molar-refractivity contribution in [3.05, 3.63) is 33.7 Å². The minimum Gasteiger partial charge on any atom is -0.315 e. The second-order valence-electron chi connectivity index (χ2n) is 4.42. The molecule has 0 radical (unpaired) electrons. The molecule has 0 spiro atoms. The predicted molar refractivity (Wildman–Crippen MR) is 59.9 cm³/mol. The van der Waals surface area contributed by atoms with Gasteiger partial charge in [-0.2, -0.15) is 0 Å². The van der Waals surface area contributed by atoms with Crippen LogP contribution < -0.4 is 5.56 Å². The zero-order valence-electron chi connectivity index (χ0n) is 9.66. The molecule has 0 aliphatic rings. The topological polar surface area (TPSA) is 22.0 Å². The predicted octanol–water partition coefficient (Wildman–Crippen LogP) is 2.63. The summed E-state index contributed by atoms with van der Waals surface area (Å²) in [4.78, 5) is 11.6. The number of hydrogen-bond acceptors (Lipinski definition) is 1. The first-order valence-corrected chi connectivity index (χ1v) is 5.14. The van der Waals surface area contributed by atoms with Crippen LogP contribution in [0.3, 0.4) is 0 Å². The first-order valence-electron chi connectivity index (χ1n) is 5.14. The molecule has 0 atom stereocenters. The molecule has 0 fully saturated rings. The van der Waals surface area contributed by atoms with Crippen LogP contribution in [0.1, 0.15) is 50.8 Å². The zero-order valence-corrected chi connectivity index (χ0v) is 9.66. The molecule has 0 saturated heterocycles. The Balaban J connectivity index is 3.36. The van der Waals surface area contributed by atoms with Gasteiger partial charge >= 0.3 is 0 Å². The maximum Gasteiger partial charge on any atom is 0.250 e. The molecule has 0 amide bonds. The van der Waals surface area contributed by atoms with Crippen molar-refractivity contribution in [1.82, 2.24) is 4.57 Å². The van der Waals surface area contributed by atoms with Crippen molar-refractivity contribution in [1.29, 1.82) is 0 Å². The Bertz CT molecular complexity index is 374. The van der Waals surface area contributed by atoms with Crippen LogP contribution in [-0.4, -0.2) is 4.57 Å². The molecule has 1 heterocycles. The highest BCUT2D eigenvalue weighted by molar-refractivity contribution is 5.22. The third-order valence-corrected chi connectivity index (χ3v) is 2.58. The molecule has 78 valence electrons. The second kappa shape index (κ2) is 3.99. The van der Waals surface area contributed by atoms with Crippen molar-refractivity contribution in [3.8, 4) is 0 Å². The van der Waals surface area contributed by atoms with E-state index in [2.05, 4.69) is 33.8 Å². The van der Waals surface area contributed by atoms with Gasteiger partial charge in [-0.25, -0.2) is 0 Å². The lowest BCUT2D eigenvalue weighted by Gasteiger charge is -2.14. The van der Waals surface area contributed by atoms with Crippen LogP contribution in [0.15, 0.2) is 16.9 Å². The number of nitrogens with zero attached hydrogens (tertiary/aromatic N) is 1. The monoisotopic (exact) mass is 193 g/mol. The van der Waals surface area contributed by atoms with Crippen molar-refractivity contribution in [3.63, 3.8) is 0 Å². The number of pyridine rings is 1. The third-order valence-electron chi connectivity index (χ3n) is 2.58. The van der Waals surface area contributed by atoms with Gasteiger partial charge in [0.2, 0.25) is 0 Å². The SMILES string of the molecule is CC(C)c1cc(C(C)C)n(C)c(=O)c1. The van der Waals surface area contributed by atoms with Gasteiger partial charge in [0.05, 0.1) is 0 Å². The van der Waals surface area contributed by atoms with Gasteiger partial charge in [0.25, 0.3) is 5.56 Å². The van der Waals surface area contributed by atoms with Crippen LogP contribution in [0.4, 0.5) is 0 Å². The molecule has 0 bridgehead atoms. The molecular weight excluding hydrogens is 174 g/mol. The lowest BCUT2D eigenvalue weighted by atomic mass is 10.00. The summed E-state index contributed by atoms with van der Waals surface area (Å²) in [7, 11) is 1.84. The highest BCUT2D eigenvalue weighted by atomic mass is 16.1. The van der Waals surface area contributed by atoms with Gasteiger partial charge < -0.3 is 4.57 Å². The molecule has 2 heteroatoms. The molecule has 1 rings (SSSR count). The van der Waals surface area contributed by atoms with Crippen LogP contribution in [0.5, 0.6) is 0 Å². The van der Waals surface area contributed by atoms with Gasteiger partial charge in [-0.05, 0) is 23.5 Å². The van der Waals surface area contributed by atoms with Crippen molar-refractivity contribution in [2.45, 2.75) is 39.5 Å². The number of aromatic nitrogens is 1. The summed E-state index contributed by atoms with van der Waals surface area (Å²) in [5.41, 5.74) is 2.35. The molecule has 0 N–H and O–H groups in total. The van der Waals surface area contributed by atoms with Gasteiger partial charge in [0.1, 0.15) is 0 Å². The Morgan fingerprint density at radius 1 is 1.07 bits per heavy atom. The van der Waals surface area contributed by atoms with E-state index in [1.807, 2.05) is 7.05 Å². The Morgan fingerprint density at radius 3 is 2.07 bits per heavy atom. The largest absolute Gasteiger partial charge is 0.315 e. The Hall–Kier alpha value is -1.05. The summed E-state index contributed by atoms with van der Waals surface area (Å²) in [6.07, 6.45) is 0. The molecule has 0 aliphatic carbocycles. The third kappa shape index (κ3) is 2.06. The summed E-state index contributed by atoms with van der Waals surface area (Å²) in [6, 6.07) is 3.87. The van der Waals surface area contributed by atoms with Crippen LogP contribution in [0.25, 0.3) is 0 Å². The Morgan fingerprint density at radius 2 is 1.64 bits per heavy atom. The summed E-state index contributed by atoms with van der Waals surface area (Å²) >= 11 is 0. The fraction of sp³-hybridized carbons (Fsp3) is 0.583. The van der Waals surface area contributed by atoms with Crippen molar-refractivity contribution < 1.29 is 0 Å². The number of rotatable bonds is 2. The number of hydrogen-bond donors (Lipinski definition) is 0. The van der Waals surface area contributed by atoms with E-state index in [0.717, 1.165) is 11.3 Å². The van der Waals surface area contributed by atoms with E-state index in [9.17, 15) is 4.79 Å². The van der Waals surface area contributed by atoms with E-state index in [0.29, 0.717) is 11.8 Å². The average molecular weight is 193 g/mol. The van der Waals surface area contributed by atoms with Crippen molar-refractivity contribution in [2.24, 2.45) is 7.05 Å². The van der Waals surface area contributed by atoms with Gasteiger partial charge in [-0.1, -0.05) is 27.7 Å². The van der Waals surface area contributed by atoms with Gasteiger partial charge in [0, 0.05) is 18.8 Å². The van der Waals surface area contributed by atoms with Crippen LogP contribution >= 0.6 is 0 Å². The molecule has 0 aliphatic heterocycles. The molecular formula is C12H19NO. The Kier molecular flexibility index (Phi) is 3.14. The Labute approximate surface area is 85.6 Å². The summed E-state index contributed by atoms with van der Waals surface area (Å²) in [6.45, 7) is 8.44. The van der Waals surface area contributed by atoms with E-state index >= 15 is 0 Å². The first kappa shape index (κ1) is 11.0. The van der Waals surface area contributed by atoms with E-state index in [1.165, 1.54) is 0 Å². The van der Waals surface area contributed by atoms with Crippen LogP contribution in [-0.2, 0) is 7.05 Å². The second-order valence-corrected chi connectivity index (χ2v) is 4.42. The zero-order chi connectivity index (χ0) is 10.9. The first-order chi connectivity index (χ1) is 6.43. The average Bonchev–Trinajstić information content (AvgIpc) is 2.08. The lowest BCUT2D eigenvalue weighted by Crippen LogP contribution is -2.21. The molecule has 14 heavy (non-hydrogen) atoms. The standard InChI is InChI=1S/C12H19NO/c1-8(2)10-6-11(9(3)4)13(5)12(14)7-10/h6-9H,1-5H3. The maximum atomic E-state index is 11.6. The van der Waals surface area contributed by atoms with Crippen molar-refractivity contribution in [2.75, 3.05) is 0 Å². The van der Waals surface area contributed by atoms with E-state index in [-0.39, 0.29) is 5.56 Å². The van der Waals surface area contributed by atoms with Crippen molar-refractivity contribution >= 4 is 0 Å². The fourth-order valence-electron chi connectivity index (χ4n) is 1.56. The van der Waals surface area contributed by atoms with Crippen LogP contribution in [0.2, 0.25) is 0 Å².